The molecule has 0 N–H and O–H groups in total. The largest absolute Gasteiger partial charge is 0.462 e. The second-order valence-electron chi connectivity index (χ2n) is 11.3. The van der Waals surface area contributed by atoms with Gasteiger partial charge in [0.1, 0.15) is 24.3 Å². The van der Waals surface area contributed by atoms with Crippen molar-refractivity contribution in [3.63, 3.8) is 0 Å². The molecule has 1 aliphatic carbocycles. The van der Waals surface area contributed by atoms with Crippen LogP contribution in [0.5, 0.6) is 6.01 Å². The highest BCUT2D eigenvalue weighted by Gasteiger charge is 2.35. The fourth-order valence-corrected chi connectivity index (χ4v) is 6.16. The van der Waals surface area contributed by atoms with Crippen molar-refractivity contribution in [3.05, 3.63) is 77.5 Å². The summed E-state index contributed by atoms with van der Waals surface area (Å²) in [6.07, 6.45) is 4.45. The fraction of sp³-hybridized carbons (Fsp3) is 0.438. The molecule has 42 heavy (non-hydrogen) atoms. The molecule has 1 aromatic heterocycles. The molecule has 0 bridgehead atoms. The van der Waals surface area contributed by atoms with Crippen LogP contribution in [0.15, 0.2) is 49.1 Å². The Kier molecular flexibility index (Phi) is 7.94. The molecule has 9 nitrogen and oxygen atoms in total. The highest BCUT2D eigenvalue weighted by Crippen LogP contribution is 2.35. The van der Waals surface area contributed by atoms with E-state index in [1.54, 1.807) is 11.0 Å². The number of carbonyl (C=O) groups excluding carboxylic acids is 1. The molecule has 0 radical (unpaired) electrons. The molecule has 2 aromatic carbocycles. The maximum Gasteiger partial charge on any atom is 0.318 e. The molecule has 1 atom stereocenters. The number of halogens is 1. The van der Waals surface area contributed by atoms with Gasteiger partial charge in [-0.3, -0.25) is 4.79 Å². The lowest BCUT2D eigenvalue weighted by molar-refractivity contribution is -0.128. The van der Waals surface area contributed by atoms with Crippen LogP contribution in [-0.2, 0) is 17.8 Å². The Morgan fingerprint density at radius 1 is 1.19 bits per heavy atom. The van der Waals surface area contributed by atoms with E-state index in [4.69, 9.17) is 21.3 Å². The number of nitrogens with zero attached hydrogens (tertiary/aromatic N) is 7. The summed E-state index contributed by atoms with van der Waals surface area (Å²) in [5, 5.41) is 1.48. The number of benzene rings is 2. The van der Waals surface area contributed by atoms with Crippen molar-refractivity contribution in [2.45, 2.75) is 37.9 Å². The summed E-state index contributed by atoms with van der Waals surface area (Å²) >= 11 is 0. The average molecular weight is 570 g/mol. The van der Waals surface area contributed by atoms with Crippen LogP contribution in [-0.4, -0.2) is 90.7 Å². The minimum atomic E-state index is -0.261. The van der Waals surface area contributed by atoms with Crippen LogP contribution in [0.25, 0.3) is 15.6 Å². The summed E-state index contributed by atoms with van der Waals surface area (Å²) in [5.74, 6) is 0.406. The molecular formula is C32H36FN7O2. The third-order valence-electron chi connectivity index (χ3n) is 8.58. The second kappa shape index (κ2) is 11.9. The van der Waals surface area contributed by atoms with E-state index >= 15 is 4.39 Å². The smallest absolute Gasteiger partial charge is 0.318 e. The van der Waals surface area contributed by atoms with Gasteiger partial charge in [0.2, 0.25) is 12.5 Å². The molecule has 6 rings (SSSR count). The molecule has 0 spiro atoms. The van der Waals surface area contributed by atoms with Crippen LogP contribution in [0.1, 0.15) is 24.1 Å². The van der Waals surface area contributed by atoms with Gasteiger partial charge in [0.15, 0.2) is 0 Å². The van der Waals surface area contributed by atoms with E-state index in [2.05, 4.69) is 33.2 Å². The lowest BCUT2D eigenvalue weighted by Gasteiger charge is -2.41. The first-order chi connectivity index (χ1) is 20.5. The molecule has 2 aliphatic heterocycles. The van der Waals surface area contributed by atoms with E-state index in [1.165, 1.54) is 25.0 Å². The number of hydrogen-bond donors (Lipinski definition) is 0. The van der Waals surface area contributed by atoms with Crippen molar-refractivity contribution >= 4 is 28.2 Å². The maximum atomic E-state index is 15.0. The van der Waals surface area contributed by atoms with Gasteiger partial charge in [0.25, 0.3) is 0 Å². The number of amides is 1. The first kappa shape index (κ1) is 27.9. The Bertz CT molecular complexity index is 1530. The monoisotopic (exact) mass is 569 g/mol. The number of aromatic nitrogens is 2. The number of ether oxygens (including phenoxy) is 1. The third kappa shape index (κ3) is 5.61. The molecule has 3 heterocycles. The molecule has 0 unspecified atom stereocenters. The van der Waals surface area contributed by atoms with Gasteiger partial charge >= 0.3 is 6.01 Å². The lowest BCUT2D eigenvalue weighted by Crippen LogP contribution is -2.56. The summed E-state index contributed by atoms with van der Waals surface area (Å²) in [7, 11) is 2.11. The lowest BCUT2D eigenvalue weighted by atomic mass is 10.0. The number of hydrogen-bond acceptors (Lipinski definition) is 7. The van der Waals surface area contributed by atoms with Gasteiger partial charge in [-0.2, -0.15) is 9.97 Å². The Hall–Kier alpha value is -4.23. The van der Waals surface area contributed by atoms with Crippen molar-refractivity contribution in [2.75, 3.05) is 62.7 Å². The maximum absolute atomic E-state index is 15.0. The third-order valence-corrected chi connectivity index (χ3v) is 8.58. The molecule has 1 amide bonds. The topological polar surface area (TPSA) is 69.4 Å². The van der Waals surface area contributed by atoms with Crippen molar-refractivity contribution in [2.24, 2.45) is 0 Å². The van der Waals surface area contributed by atoms with E-state index in [0.717, 1.165) is 34.7 Å². The minimum Gasteiger partial charge on any atom is -0.462 e. The Morgan fingerprint density at radius 3 is 2.76 bits per heavy atom. The molecule has 1 saturated heterocycles. The summed E-state index contributed by atoms with van der Waals surface area (Å²) in [6.45, 7) is 15.3. The average Bonchev–Trinajstić information content (AvgIpc) is 3.86. The molecule has 10 heteroatoms. The zero-order chi connectivity index (χ0) is 29.2. The highest BCUT2D eigenvalue weighted by molar-refractivity contribution is 5.95. The van der Waals surface area contributed by atoms with Crippen molar-refractivity contribution in [3.8, 4) is 6.01 Å². The Labute approximate surface area is 246 Å². The zero-order valence-corrected chi connectivity index (χ0v) is 24.0. The first-order valence-electron chi connectivity index (χ1n) is 14.6. The molecule has 1 saturated carbocycles. The van der Waals surface area contributed by atoms with Crippen LogP contribution >= 0.6 is 0 Å². The van der Waals surface area contributed by atoms with Crippen molar-refractivity contribution < 1.29 is 13.9 Å². The van der Waals surface area contributed by atoms with Crippen molar-refractivity contribution in [1.82, 2.24) is 19.8 Å². The van der Waals surface area contributed by atoms with Crippen molar-refractivity contribution in [1.29, 1.82) is 0 Å². The molecule has 3 aliphatic rings. The number of fused-ring (bicyclic) bond motifs is 2. The van der Waals surface area contributed by atoms with Gasteiger partial charge < -0.3 is 29.2 Å². The summed E-state index contributed by atoms with van der Waals surface area (Å²) in [5.41, 5.74) is 2.74. The van der Waals surface area contributed by atoms with Gasteiger partial charge in [-0.15, -0.1) is 0 Å². The Balaban J connectivity index is 1.31. The summed E-state index contributed by atoms with van der Waals surface area (Å²) < 4.78 is 21.1. The highest BCUT2D eigenvalue weighted by atomic mass is 19.1. The normalized spacial score (nSPS) is 18.6. The fourth-order valence-electron chi connectivity index (χ4n) is 6.16. The van der Waals surface area contributed by atoms with Crippen LogP contribution in [0.2, 0.25) is 0 Å². The van der Waals surface area contributed by atoms with E-state index in [0.29, 0.717) is 63.2 Å². The van der Waals surface area contributed by atoms with Gasteiger partial charge in [-0.25, -0.2) is 11.0 Å². The van der Waals surface area contributed by atoms with Gasteiger partial charge in [0.05, 0.1) is 12.2 Å². The van der Waals surface area contributed by atoms with Gasteiger partial charge in [-0.1, -0.05) is 30.8 Å². The Morgan fingerprint density at radius 2 is 2.00 bits per heavy atom. The molecule has 3 aromatic rings. The van der Waals surface area contributed by atoms with Crippen LogP contribution < -0.4 is 14.5 Å². The molecule has 2 fully saturated rings. The predicted molar refractivity (Wildman–Crippen MR) is 161 cm³/mol. The number of likely N-dealkylation sites (N-methyl/N-ethyl adjacent to an activating group) is 1. The van der Waals surface area contributed by atoms with Crippen LogP contribution in [0.4, 0.5) is 15.9 Å². The number of rotatable bonds is 9. The van der Waals surface area contributed by atoms with E-state index in [9.17, 15) is 4.79 Å². The van der Waals surface area contributed by atoms with E-state index in [-0.39, 0.29) is 24.3 Å². The van der Waals surface area contributed by atoms with Gasteiger partial charge in [0, 0.05) is 55.4 Å². The first-order valence-corrected chi connectivity index (χ1v) is 14.6. The van der Waals surface area contributed by atoms with Crippen LogP contribution in [0, 0.1) is 12.4 Å². The van der Waals surface area contributed by atoms with Gasteiger partial charge in [-0.05, 0) is 49.9 Å². The van der Waals surface area contributed by atoms with E-state index in [1.807, 2.05) is 24.3 Å². The zero-order valence-electron chi connectivity index (χ0n) is 24.0. The standard InChI is InChI=1S/C32H36FN7O2/c1-4-29(41)40-16-15-39(20-24(40)19-34-2)31-25-13-14-38(28-10-6-8-22-7-5-9-26(33)30(22)28)21-27(25)35-32(36-31)42-18-17-37(3)23-11-12-23/h4-10,23-24H,1,11-21H2,3H3/t24-/m0/s1. The summed E-state index contributed by atoms with van der Waals surface area (Å²) in [6, 6.07) is 11.7. The number of piperazine rings is 1. The summed E-state index contributed by atoms with van der Waals surface area (Å²) in [4.78, 5) is 34.3. The van der Waals surface area contributed by atoms with Crippen LogP contribution in [0.3, 0.4) is 0 Å². The second-order valence-corrected chi connectivity index (χ2v) is 11.3. The number of anilines is 2. The van der Waals surface area contributed by atoms with E-state index < -0.39 is 0 Å². The molecule has 218 valence electrons. The molecular weight excluding hydrogens is 533 g/mol. The quantitative estimate of drug-likeness (QED) is 0.286. The minimum absolute atomic E-state index is 0.158. The number of carbonyl (C=O) groups is 1. The SMILES string of the molecule is [C-]#[N+]C[C@H]1CN(c2nc(OCCN(C)C3CC3)nc3c2CCN(c2cccc4cccc(F)c24)C3)CCN1C(=O)C=C. The predicted octanol–water partition coefficient (Wildman–Crippen LogP) is 3.93.